The van der Waals surface area contributed by atoms with Crippen molar-refractivity contribution in [3.63, 3.8) is 0 Å². The summed E-state index contributed by atoms with van der Waals surface area (Å²) in [6, 6.07) is 9.25. The molecular formula is C19H25N3O3S. The molecule has 3 heterocycles. The Balaban J connectivity index is 1.65. The first-order chi connectivity index (χ1) is 12.6. The van der Waals surface area contributed by atoms with Gasteiger partial charge < -0.3 is 9.64 Å². The van der Waals surface area contributed by atoms with Gasteiger partial charge in [0.25, 0.3) is 0 Å². The van der Waals surface area contributed by atoms with Gasteiger partial charge >= 0.3 is 0 Å². The maximum Gasteiger partial charge on any atom is 0.243 e. The van der Waals surface area contributed by atoms with Gasteiger partial charge in [0.15, 0.2) is 0 Å². The Hall–Kier alpha value is -1.70. The normalized spacial score (nSPS) is 22.7. The fourth-order valence-electron chi connectivity index (χ4n) is 3.79. The summed E-state index contributed by atoms with van der Waals surface area (Å²) in [5.74, 6) is 0.918. The lowest BCUT2D eigenvalue weighted by atomic mass is 10.1. The molecule has 140 valence electrons. The average molecular weight is 375 g/mol. The van der Waals surface area contributed by atoms with Crippen LogP contribution in [0.3, 0.4) is 0 Å². The largest absolute Gasteiger partial charge is 0.378 e. The van der Waals surface area contributed by atoms with Crippen molar-refractivity contribution in [1.82, 2.24) is 9.29 Å². The molecule has 2 aromatic rings. The number of piperidine rings is 1. The van der Waals surface area contributed by atoms with Gasteiger partial charge in [0.05, 0.1) is 23.6 Å². The van der Waals surface area contributed by atoms with E-state index in [0.29, 0.717) is 24.7 Å². The van der Waals surface area contributed by atoms with Gasteiger partial charge in [0, 0.05) is 31.1 Å². The molecule has 1 aromatic carbocycles. The van der Waals surface area contributed by atoms with Gasteiger partial charge in [-0.15, -0.1) is 0 Å². The number of morpholine rings is 1. The minimum atomic E-state index is -3.45. The van der Waals surface area contributed by atoms with Crippen LogP contribution < -0.4 is 4.90 Å². The predicted molar refractivity (Wildman–Crippen MR) is 102 cm³/mol. The van der Waals surface area contributed by atoms with Crippen LogP contribution in [0, 0.1) is 0 Å². The van der Waals surface area contributed by atoms with Crippen molar-refractivity contribution in [2.45, 2.75) is 37.1 Å². The lowest BCUT2D eigenvalue weighted by Gasteiger charge is -2.32. The van der Waals surface area contributed by atoms with Crippen LogP contribution in [0.25, 0.3) is 10.9 Å². The van der Waals surface area contributed by atoms with Gasteiger partial charge in [-0.25, -0.2) is 13.4 Å². The van der Waals surface area contributed by atoms with E-state index in [0.717, 1.165) is 49.1 Å². The van der Waals surface area contributed by atoms with E-state index in [-0.39, 0.29) is 6.04 Å². The molecule has 2 aliphatic rings. The van der Waals surface area contributed by atoms with Crippen molar-refractivity contribution in [3.05, 3.63) is 30.3 Å². The van der Waals surface area contributed by atoms with Crippen molar-refractivity contribution in [3.8, 4) is 0 Å². The third kappa shape index (κ3) is 3.31. The van der Waals surface area contributed by atoms with E-state index >= 15 is 0 Å². The second kappa shape index (κ2) is 7.13. The minimum Gasteiger partial charge on any atom is -0.378 e. The number of anilines is 1. The molecule has 2 saturated heterocycles. The summed E-state index contributed by atoms with van der Waals surface area (Å²) in [6.07, 6.45) is 2.96. The Morgan fingerprint density at radius 3 is 2.65 bits per heavy atom. The number of nitrogens with zero attached hydrogens (tertiary/aromatic N) is 3. The Morgan fingerprint density at radius 2 is 1.88 bits per heavy atom. The van der Waals surface area contributed by atoms with Gasteiger partial charge in [0.1, 0.15) is 5.82 Å². The lowest BCUT2D eigenvalue weighted by Crippen LogP contribution is -2.41. The number of ether oxygens (including phenoxy) is 1. The molecule has 2 aliphatic heterocycles. The zero-order valence-electron chi connectivity index (χ0n) is 15.1. The Morgan fingerprint density at radius 1 is 1.08 bits per heavy atom. The number of benzene rings is 1. The van der Waals surface area contributed by atoms with E-state index in [1.807, 2.05) is 25.1 Å². The van der Waals surface area contributed by atoms with Gasteiger partial charge in [-0.3, -0.25) is 0 Å². The summed E-state index contributed by atoms with van der Waals surface area (Å²) in [6.45, 7) is 5.69. The van der Waals surface area contributed by atoms with Gasteiger partial charge in [-0.05, 0) is 50.1 Å². The number of aromatic nitrogens is 1. The summed E-state index contributed by atoms with van der Waals surface area (Å²) in [5.41, 5.74) is 0.819. The molecule has 0 saturated carbocycles. The highest BCUT2D eigenvalue weighted by Gasteiger charge is 2.31. The van der Waals surface area contributed by atoms with Crippen LogP contribution in [0.2, 0.25) is 0 Å². The molecule has 7 heteroatoms. The summed E-state index contributed by atoms with van der Waals surface area (Å²) in [5, 5.41) is 0.854. The van der Waals surface area contributed by atoms with Crippen molar-refractivity contribution >= 4 is 26.7 Å². The maximum absolute atomic E-state index is 13.0. The van der Waals surface area contributed by atoms with Crippen LogP contribution in [0.4, 0.5) is 5.82 Å². The molecule has 1 unspecified atom stereocenters. The number of fused-ring (bicyclic) bond motifs is 1. The highest BCUT2D eigenvalue weighted by atomic mass is 32.2. The van der Waals surface area contributed by atoms with E-state index in [4.69, 9.17) is 9.72 Å². The maximum atomic E-state index is 13.0. The smallest absolute Gasteiger partial charge is 0.243 e. The summed E-state index contributed by atoms with van der Waals surface area (Å²) < 4.78 is 33.1. The summed E-state index contributed by atoms with van der Waals surface area (Å²) in [7, 11) is -3.45. The number of sulfonamides is 1. The number of hydrogen-bond donors (Lipinski definition) is 0. The molecule has 0 spiro atoms. The summed E-state index contributed by atoms with van der Waals surface area (Å²) >= 11 is 0. The monoisotopic (exact) mass is 375 g/mol. The standard InChI is InChI=1S/C19H25N3O3S/c1-15-4-2-3-9-22(15)26(23,24)17-6-7-18-16(14-17)5-8-19(20-18)21-10-12-25-13-11-21/h5-8,14-15H,2-4,9-13H2,1H3. The second-order valence-corrected chi connectivity index (χ2v) is 8.97. The Kier molecular flexibility index (Phi) is 4.86. The van der Waals surface area contributed by atoms with E-state index in [2.05, 4.69) is 4.90 Å². The molecular weight excluding hydrogens is 350 g/mol. The first-order valence-corrected chi connectivity index (χ1v) is 10.7. The number of rotatable bonds is 3. The molecule has 1 atom stereocenters. The SMILES string of the molecule is CC1CCCCN1S(=O)(=O)c1ccc2nc(N3CCOCC3)ccc2c1. The molecule has 0 amide bonds. The van der Waals surface area contributed by atoms with Crippen molar-refractivity contribution in [2.75, 3.05) is 37.7 Å². The van der Waals surface area contributed by atoms with Crippen LogP contribution >= 0.6 is 0 Å². The third-order valence-electron chi connectivity index (χ3n) is 5.33. The molecule has 0 bridgehead atoms. The van der Waals surface area contributed by atoms with Gasteiger partial charge in [-0.1, -0.05) is 6.42 Å². The first kappa shape index (κ1) is 17.7. The third-order valence-corrected chi connectivity index (χ3v) is 7.34. The van der Waals surface area contributed by atoms with E-state index in [1.54, 1.807) is 16.4 Å². The average Bonchev–Trinajstić information content (AvgIpc) is 2.68. The topological polar surface area (TPSA) is 62.7 Å². The van der Waals surface area contributed by atoms with Gasteiger partial charge in [0.2, 0.25) is 10.0 Å². The van der Waals surface area contributed by atoms with E-state index in [9.17, 15) is 8.42 Å². The minimum absolute atomic E-state index is 0.0614. The number of pyridine rings is 1. The van der Waals surface area contributed by atoms with Crippen LogP contribution in [-0.2, 0) is 14.8 Å². The second-order valence-electron chi connectivity index (χ2n) is 7.08. The van der Waals surface area contributed by atoms with Crippen molar-refractivity contribution < 1.29 is 13.2 Å². The van der Waals surface area contributed by atoms with Crippen LogP contribution in [0.1, 0.15) is 26.2 Å². The molecule has 0 aliphatic carbocycles. The molecule has 1 aromatic heterocycles. The quantitative estimate of drug-likeness (QED) is 0.825. The lowest BCUT2D eigenvalue weighted by molar-refractivity contribution is 0.122. The van der Waals surface area contributed by atoms with Crippen LogP contribution in [0.5, 0.6) is 0 Å². The zero-order valence-corrected chi connectivity index (χ0v) is 15.9. The van der Waals surface area contributed by atoms with Crippen molar-refractivity contribution in [2.24, 2.45) is 0 Å². The zero-order chi connectivity index (χ0) is 18.1. The fraction of sp³-hybridized carbons (Fsp3) is 0.526. The fourth-order valence-corrected chi connectivity index (χ4v) is 5.52. The van der Waals surface area contributed by atoms with E-state index < -0.39 is 10.0 Å². The predicted octanol–water partition coefficient (Wildman–Crippen LogP) is 2.63. The number of hydrogen-bond acceptors (Lipinski definition) is 5. The Bertz CT molecular complexity index is 894. The molecule has 6 nitrogen and oxygen atoms in total. The molecule has 4 rings (SSSR count). The van der Waals surface area contributed by atoms with Crippen LogP contribution in [0.15, 0.2) is 35.2 Å². The first-order valence-electron chi connectivity index (χ1n) is 9.31. The highest BCUT2D eigenvalue weighted by Crippen LogP contribution is 2.28. The molecule has 0 radical (unpaired) electrons. The molecule has 2 fully saturated rings. The van der Waals surface area contributed by atoms with Crippen molar-refractivity contribution in [1.29, 1.82) is 0 Å². The van der Waals surface area contributed by atoms with E-state index in [1.165, 1.54) is 0 Å². The highest BCUT2D eigenvalue weighted by molar-refractivity contribution is 7.89. The van der Waals surface area contributed by atoms with Crippen LogP contribution in [-0.4, -0.2) is 56.6 Å². The summed E-state index contributed by atoms with van der Waals surface area (Å²) in [4.78, 5) is 7.27. The Labute approximate surface area is 154 Å². The molecule has 0 N–H and O–H groups in total. The molecule has 26 heavy (non-hydrogen) atoms. The van der Waals surface area contributed by atoms with Gasteiger partial charge in [-0.2, -0.15) is 4.31 Å².